The Bertz CT molecular complexity index is 1050. The van der Waals surface area contributed by atoms with Gasteiger partial charge in [0.1, 0.15) is 0 Å². The molecule has 0 spiro atoms. The van der Waals surface area contributed by atoms with Crippen LogP contribution >= 0.6 is 0 Å². The molecule has 2 aromatic carbocycles. The highest BCUT2D eigenvalue weighted by molar-refractivity contribution is 5.44. The van der Waals surface area contributed by atoms with Crippen LogP contribution in [0.1, 0.15) is 57.6 Å². The van der Waals surface area contributed by atoms with E-state index in [-0.39, 0.29) is 11.8 Å². The monoisotopic (exact) mass is 392 g/mol. The van der Waals surface area contributed by atoms with Gasteiger partial charge in [-0.3, -0.25) is 19.9 Å². The number of hydrogen-bond donors (Lipinski definition) is 0. The van der Waals surface area contributed by atoms with Gasteiger partial charge >= 0.3 is 0 Å². The van der Waals surface area contributed by atoms with Crippen molar-refractivity contribution in [3.8, 4) is 0 Å². The smallest absolute Gasteiger partial charge is 0.0634 e. The Kier molecular flexibility index (Phi) is 4.83. The van der Waals surface area contributed by atoms with Gasteiger partial charge in [0.15, 0.2) is 0 Å². The summed E-state index contributed by atoms with van der Waals surface area (Å²) in [4.78, 5) is 18.7. The zero-order valence-electron chi connectivity index (χ0n) is 17.2. The number of nitrogens with zero attached hydrogens (tertiary/aromatic N) is 4. The maximum atomic E-state index is 4.89. The molecular weight excluding hydrogens is 368 g/mol. The molecule has 2 heterocycles. The Labute approximate surface area is 177 Å². The summed E-state index contributed by atoms with van der Waals surface area (Å²) in [6.45, 7) is 4.01. The third kappa shape index (κ3) is 3.28. The van der Waals surface area contributed by atoms with Crippen LogP contribution in [0.2, 0.25) is 0 Å². The first-order valence-corrected chi connectivity index (χ1v) is 10.4. The average molecular weight is 393 g/mol. The van der Waals surface area contributed by atoms with Gasteiger partial charge in [-0.1, -0.05) is 60.7 Å². The van der Waals surface area contributed by atoms with Crippen molar-refractivity contribution in [2.45, 2.75) is 37.5 Å². The highest BCUT2D eigenvalue weighted by atomic mass is 14.8. The van der Waals surface area contributed by atoms with Gasteiger partial charge in [0.05, 0.1) is 22.8 Å². The van der Waals surface area contributed by atoms with Crippen molar-refractivity contribution in [2.75, 3.05) is 0 Å². The molecule has 1 saturated carbocycles. The largest absolute Gasteiger partial charge is 0.261 e. The highest BCUT2D eigenvalue weighted by Gasteiger charge is 2.54. The standard InChI is InChI=1S/C26H24N4/c1-17-13-27-15-21(29-17)25-23(19-9-5-3-6-10-19)24(20-11-7-4-8-12-20)26(25)22-16-28-14-18(2)30-22/h3-16,23-26H,1-2H3/t23-,24+,25-,26-/m1/s1. The average Bonchev–Trinajstić information content (AvgIpc) is 2.75. The van der Waals surface area contributed by atoms with Gasteiger partial charge in [0.2, 0.25) is 0 Å². The Morgan fingerprint density at radius 3 is 1.27 bits per heavy atom. The fourth-order valence-corrected chi connectivity index (χ4v) is 4.95. The molecule has 0 bridgehead atoms. The van der Waals surface area contributed by atoms with E-state index in [0.29, 0.717) is 11.8 Å². The first-order chi connectivity index (χ1) is 14.7. The van der Waals surface area contributed by atoms with Crippen LogP contribution in [-0.4, -0.2) is 19.9 Å². The summed E-state index contributed by atoms with van der Waals surface area (Å²) in [5, 5.41) is 0. The lowest BCUT2D eigenvalue weighted by Gasteiger charge is -2.52. The zero-order chi connectivity index (χ0) is 20.5. The van der Waals surface area contributed by atoms with Crippen molar-refractivity contribution >= 4 is 0 Å². The molecule has 4 atom stereocenters. The summed E-state index contributed by atoms with van der Waals surface area (Å²) in [7, 11) is 0. The van der Waals surface area contributed by atoms with Gasteiger partial charge < -0.3 is 0 Å². The van der Waals surface area contributed by atoms with Crippen molar-refractivity contribution in [3.05, 3.63) is 119 Å². The van der Waals surface area contributed by atoms with E-state index in [9.17, 15) is 0 Å². The van der Waals surface area contributed by atoms with Crippen LogP contribution < -0.4 is 0 Å². The molecule has 0 amide bonds. The third-order valence-electron chi connectivity index (χ3n) is 6.15. The van der Waals surface area contributed by atoms with Crippen molar-refractivity contribution in [1.82, 2.24) is 19.9 Å². The number of rotatable bonds is 4. The summed E-state index contributed by atoms with van der Waals surface area (Å²) < 4.78 is 0. The van der Waals surface area contributed by atoms with E-state index < -0.39 is 0 Å². The molecule has 1 aliphatic carbocycles. The molecule has 0 N–H and O–H groups in total. The summed E-state index contributed by atoms with van der Waals surface area (Å²) in [6.07, 6.45) is 7.47. The Balaban J connectivity index is 1.69. The van der Waals surface area contributed by atoms with Gasteiger partial charge in [0, 0.05) is 48.5 Å². The third-order valence-corrected chi connectivity index (χ3v) is 6.15. The molecule has 4 nitrogen and oxygen atoms in total. The van der Waals surface area contributed by atoms with E-state index in [1.165, 1.54) is 11.1 Å². The summed E-state index contributed by atoms with van der Waals surface area (Å²) >= 11 is 0. The van der Waals surface area contributed by atoms with Gasteiger partial charge in [-0.05, 0) is 25.0 Å². The van der Waals surface area contributed by atoms with Crippen LogP contribution in [-0.2, 0) is 0 Å². The predicted molar refractivity (Wildman–Crippen MR) is 117 cm³/mol. The fourth-order valence-electron chi connectivity index (χ4n) is 4.95. The van der Waals surface area contributed by atoms with E-state index >= 15 is 0 Å². The molecule has 0 radical (unpaired) electrons. The van der Waals surface area contributed by atoms with Crippen LogP contribution in [0.25, 0.3) is 0 Å². The first-order valence-electron chi connectivity index (χ1n) is 10.4. The molecular formula is C26H24N4. The van der Waals surface area contributed by atoms with Crippen LogP contribution in [0.15, 0.2) is 85.5 Å². The molecule has 4 heteroatoms. The molecule has 148 valence electrons. The Morgan fingerprint density at radius 1 is 0.500 bits per heavy atom. The normalized spacial score (nSPS) is 23.0. The zero-order valence-corrected chi connectivity index (χ0v) is 17.2. The molecule has 4 aromatic rings. The second kappa shape index (κ2) is 7.79. The van der Waals surface area contributed by atoms with Gasteiger partial charge in [-0.25, -0.2) is 0 Å². The quantitative estimate of drug-likeness (QED) is 0.471. The van der Waals surface area contributed by atoms with Crippen molar-refractivity contribution in [3.63, 3.8) is 0 Å². The number of benzene rings is 2. The van der Waals surface area contributed by atoms with Crippen molar-refractivity contribution < 1.29 is 0 Å². The Hall–Kier alpha value is -3.40. The maximum Gasteiger partial charge on any atom is 0.0634 e. The van der Waals surface area contributed by atoms with E-state index in [2.05, 4.69) is 70.6 Å². The number of hydrogen-bond acceptors (Lipinski definition) is 4. The van der Waals surface area contributed by atoms with Crippen LogP contribution in [0.4, 0.5) is 0 Å². The molecule has 0 saturated heterocycles. The van der Waals surface area contributed by atoms with E-state index in [1.807, 2.05) is 38.6 Å². The van der Waals surface area contributed by atoms with Crippen LogP contribution in [0.3, 0.4) is 0 Å². The maximum absolute atomic E-state index is 4.89. The lowest BCUT2D eigenvalue weighted by atomic mass is 9.51. The lowest BCUT2D eigenvalue weighted by molar-refractivity contribution is 0.218. The first kappa shape index (κ1) is 18.6. The van der Waals surface area contributed by atoms with Gasteiger partial charge in [0.25, 0.3) is 0 Å². The Morgan fingerprint density at radius 2 is 0.900 bits per heavy atom. The van der Waals surface area contributed by atoms with E-state index in [4.69, 9.17) is 9.97 Å². The highest BCUT2D eigenvalue weighted by Crippen LogP contribution is 2.65. The minimum absolute atomic E-state index is 0.195. The molecule has 1 aliphatic rings. The molecule has 0 unspecified atom stereocenters. The van der Waals surface area contributed by atoms with Crippen LogP contribution in [0.5, 0.6) is 0 Å². The summed E-state index contributed by atoms with van der Waals surface area (Å²) in [5.74, 6) is 0.997. The second-order valence-electron chi connectivity index (χ2n) is 8.10. The second-order valence-corrected chi connectivity index (χ2v) is 8.10. The van der Waals surface area contributed by atoms with Crippen molar-refractivity contribution in [2.24, 2.45) is 0 Å². The molecule has 1 fully saturated rings. The number of aryl methyl sites for hydroxylation is 2. The minimum atomic E-state index is 0.195. The fraction of sp³-hybridized carbons (Fsp3) is 0.231. The SMILES string of the molecule is Cc1cncc([C@@H]2[C@H](c3ccccc3)[C@H](c3ccccc3)[C@H]2c2cncc(C)n2)n1. The molecule has 0 aliphatic heterocycles. The molecule has 5 rings (SSSR count). The molecule has 30 heavy (non-hydrogen) atoms. The van der Waals surface area contributed by atoms with Crippen LogP contribution in [0, 0.1) is 13.8 Å². The summed E-state index contributed by atoms with van der Waals surface area (Å²) in [6, 6.07) is 21.6. The van der Waals surface area contributed by atoms with E-state index in [0.717, 1.165) is 22.8 Å². The van der Waals surface area contributed by atoms with Gasteiger partial charge in [-0.15, -0.1) is 0 Å². The minimum Gasteiger partial charge on any atom is -0.261 e. The summed E-state index contributed by atoms with van der Waals surface area (Å²) in [5.41, 5.74) is 6.61. The van der Waals surface area contributed by atoms with E-state index in [1.54, 1.807) is 0 Å². The lowest BCUT2D eigenvalue weighted by Crippen LogP contribution is -2.41. The topological polar surface area (TPSA) is 51.6 Å². The van der Waals surface area contributed by atoms with Crippen molar-refractivity contribution in [1.29, 1.82) is 0 Å². The van der Waals surface area contributed by atoms with Gasteiger partial charge in [-0.2, -0.15) is 0 Å². The molecule has 2 aromatic heterocycles. The predicted octanol–water partition coefficient (Wildman–Crippen LogP) is 5.33. The number of aromatic nitrogens is 4.